The standard InChI is InChI=1S/C16H25N5O3S/c1-11-9-21(25(23,24)6-2-5-17)10-15(11)19-16(22)14-7-13(8-18-20-14)12-3-4-12/h7-8,11-12,15H,2-6,9-10,17H2,1H3,(H,19,22)/t11-,15+/m0/s1. The van der Waals surface area contributed by atoms with Gasteiger partial charge in [-0.25, -0.2) is 8.42 Å². The second-order valence-corrected chi connectivity index (χ2v) is 9.07. The van der Waals surface area contributed by atoms with Crippen LogP contribution in [-0.2, 0) is 10.0 Å². The maximum absolute atomic E-state index is 12.5. The lowest BCUT2D eigenvalue weighted by Gasteiger charge is -2.17. The largest absolute Gasteiger partial charge is 0.346 e. The van der Waals surface area contributed by atoms with E-state index in [0.29, 0.717) is 31.1 Å². The van der Waals surface area contributed by atoms with E-state index in [1.165, 1.54) is 4.31 Å². The van der Waals surface area contributed by atoms with Gasteiger partial charge in [0.25, 0.3) is 5.91 Å². The summed E-state index contributed by atoms with van der Waals surface area (Å²) < 4.78 is 26.0. The Morgan fingerprint density at radius 2 is 2.16 bits per heavy atom. The molecule has 0 bridgehead atoms. The quantitative estimate of drug-likeness (QED) is 0.705. The number of hydrogen-bond acceptors (Lipinski definition) is 6. The maximum atomic E-state index is 12.5. The van der Waals surface area contributed by atoms with E-state index >= 15 is 0 Å². The van der Waals surface area contributed by atoms with Crippen LogP contribution in [0.2, 0.25) is 0 Å². The summed E-state index contributed by atoms with van der Waals surface area (Å²) in [6, 6.07) is 1.56. The van der Waals surface area contributed by atoms with Crippen molar-refractivity contribution in [3.8, 4) is 0 Å². The van der Waals surface area contributed by atoms with Crippen LogP contribution in [0.4, 0.5) is 0 Å². The van der Waals surface area contributed by atoms with Gasteiger partial charge in [-0.15, -0.1) is 5.10 Å². The molecule has 1 aromatic rings. The van der Waals surface area contributed by atoms with Gasteiger partial charge >= 0.3 is 0 Å². The first-order valence-corrected chi connectivity index (χ1v) is 10.3. The van der Waals surface area contributed by atoms with Gasteiger partial charge in [-0.1, -0.05) is 6.92 Å². The summed E-state index contributed by atoms with van der Waals surface area (Å²) in [5, 5.41) is 10.8. The number of amides is 1. The van der Waals surface area contributed by atoms with Crippen LogP contribution in [0.15, 0.2) is 12.3 Å². The van der Waals surface area contributed by atoms with Crippen molar-refractivity contribution in [2.45, 2.75) is 38.1 Å². The van der Waals surface area contributed by atoms with Crippen LogP contribution >= 0.6 is 0 Å². The monoisotopic (exact) mass is 367 g/mol. The summed E-state index contributed by atoms with van der Waals surface area (Å²) in [5.74, 6) is 0.283. The van der Waals surface area contributed by atoms with Gasteiger partial charge in [-0.05, 0) is 49.3 Å². The van der Waals surface area contributed by atoms with Crippen molar-refractivity contribution in [1.82, 2.24) is 19.8 Å². The van der Waals surface area contributed by atoms with Crippen molar-refractivity contribution < 1.29 is 13.2 Å². The number of rotatable bonds is 7. The molecule has 138 valence electrons. The molecule has 0 radical (unpaired) electrons. The van der Waals surface area contributed by atoms with E-state index in [9.17, 15) is 13.2 Å². The van der Waals surface area contributed by atoms with E-state index in [1.807, 2.05) is 6.92 Å². The number of aromatic nitrogens is 2. The van der Waals surface area contributed by atoms with Crippen molar-refractivity contribution in [3.63, 3.8) is 0 Å². The average molecular weight is 367 g/mol. The van der Waals surface area contributed by atoms with E-state index in [4.69, 9.17) is 5.73 Å². The fourth-order valence-electron chi connectivity index (χ4n) is 3.11. The van der Waals surface area contributed by atoms with Gasteiger partial charge in [0.1, 0.15) is 0 Å². The second kappa shape index (κ2) is 7.35. The van der Waals surface area contributed by atoms with Crippen LogP contribution in [0.25, 0.3) is 0 Å². The van der Waals surface area contributed by atoms with Gasteiger partial charge in [0.2, 0.25) is 10.0 Å². The highest BCUT2D eigenvalue weighted by atomic mass is 32.2. The normalized spacial score (nSPS) is 24.4. The van der Waals surface area contributed by atoms with Gasteiger partial charge in [0.15, 0.2) is 5.69 Å². The Balaban J connectivity index is 1.62. The molecule has 1 saturated heterocycles. The topological polar surface area (TPSA) is 118 Å². The average Bonchev–Trinajstić information content (AvgIpc) is 3.38. The van der Waals surface area contributed by atoms with Gasteiger partial charge in [-0.2, -0.15) is 9.40 Å². The minimum atomic E-state index is -3.32. The lowest BCUT2D eigenvalue weighted by Crippen LogP contribution is -2.41. The molecule has 3 rings (SSSR count). The van der Waals surface area contributed by atoms with Crippen LogP contribution < -0.4 is 11.1 Å². The van der Waals surface area contributed by atoms with Crippen LogP contribution in [0, 0.1) is 5.92 Å². The molecule has 0 unspecified atom stereocenters. The van der Waals surface area contributed by atoms with E-state index in [2.05, 4.69) is 15.5 Å². The molecule has 1 saturated carbocycles. The molecule has 9 heteroatoms. The molecule has 2 atom stereocenters. The predicted molar refractivity (Wildman–Crippen MR) is 93.5 cm³/mol. The molecule has 2 heterocycles. The third kappa shape index (κ3) is 4.34. The summed E-state index contributed by atoms with van der Waals surface area (Å²) >= 11 is 0. The molecule has 2 fully saturated rings. The van der Waals surface area contributed by atoms with E-state index in [-0.39, 0.29) is 30.2 Å². The van der Waals surface area contributed by atoms with Crippen LogP contribution in [0.3, 0.4) is 0 Å². The maximum Gasteiger partial charge on any atom is 0.272 e. The molecule has 1 aliphatic carbocycles. The number of nitrogens with two attached hydrogens (primary N) is 1. The lowest BCUT2D eigenvalue weighted by atomic mass is 10.1. The molecule has 3 N–H and O–H groups in total. The fraction of sp³-hybridized carbons (Fsp3) is 0.688. The molecule has 1 aromatic heterocycles. The van der Waals surface area contributed by atoms with Crippen molar-refractivity contribution in [1.29, 1.82) is 0 Å². The number of carbonyl (C=O) groups excluding carboxylic acids is 1. The van der Waals surface area contributed by atoms with Gasteiger partial charge in [0, 0.05) is 19.1 Å². The first-order chi connectivity index (χ1) is 11.9. The SMILES string of the molecule is C[C@H]1CN(S(=O)(=O)CCCN)C[C@H]1NC(=O)c1cc(C2CC2)cnn1. The Hall–Kier alpha value is -1.58. The van der Waals surface area contributed by atoms with E-state index in [1.54, 1.807) is 12.3 Å². The Bertz CT molecular complexity index is 735. The first-order valence-electron chi connectivity index (χ1n) is 8.72. The van der Waals surface area contributed by atoms with Crippen molar-refractivity contribution in [2.24, 2.45) is 11.7 Å². The molecule has 25 heavy (non-hydrogen) atoms. The summed E-state index contributed by atoms with van der Waals surface area (Å²) in [5.41, 5.74) is 6.74. The molecule has 2 aliphatic rings. The smallest absolute Gasteiger partial charge is 0.272 e. The van der Waals surface area contributed by atoms with Crippen molar-refractivity contribution in [2.75, 3.05) is 25.4 Å². The number of hydrogen-bond donors (Lipinski definition) is 2. The molecular formula is C16H25N5O3S. The van der Waals surface area contributed by atoms with Crippen LogP contribution in [-0.4, -0.2) is 60.3 Å². The number of sulfonamides is 1. The van der Waals surface area contributed by atoms with Gasteiger partial charge in [0.05, 0.1) is 11.9 Å². The zero-order valence-corrected chi connectivity index (χ0v) is 15.2. The Morgan fingerprint density at radius 1 is 1.40 bits per heavy atom. The molecule has 8 nitrogen and oxygen atoms in total. The van der Waals surface area contributed by atoms with Gasteiger partial charge < -0.3 is 11.1 Å². The highest BCUT2D eigenvalue weighted by Gasteiger charge is 2.37. The molecular weight excluding hydrogens is 342 g/mol. The molecule has 1 aliphatic heterocycles. The molecule has 0 aromatic carbocycles. The Labute approximate surface area is 148 Å². The van der Waals surface area contributed by atoms with Crippen LogP contribution in [0.1, 0.15) is 48.2 Å². The minimum absolute atomic E-state index is 0.0381. The zero-order valence-electron chi connectivity index (χ0n) is 14.4. The third-order valence-corrected chi connectivity index (χ3v) is 6.74. The van der Waals surface area contributed by atoms with Crippen LogP contribution in [0.5, 0.6) is 0 Å². The summed E-state index contributed by atoms with van der Waals surface area (Å²) in [6.07, 6.45) is 4.40. The van der Waals surface area contributed by atoms with E-state index < -0.39 is 10.0 Å². The summed E-state index contributed by atoms with van der Waals surface area (Å²) in [6.45, 7) is 2.98. The Kier molecular flexibility index (Phi) is 5.35. The molecule has 1 amide bonds. The number of carbonyl (C=O) groups is 1. The second-order valence-electron chi connectivity index (χ2n) is 6.98. The third-order valence-electron chi connectivity index (χ3n) is 4.85. The first kappa shape index (κ1) is 18.2. The number of nitrogens with zero attached hydrogens (tertiary/aromatic N) is 3. The Morgan fingerprint density at radius 3 is 2.84 bits per heavy atom. The highest BCUT2D eigenvalue weighted by molar-refractivity contribution is 7.89. The minimum Gasteiger partial charge on any atom is -0.346 e. The van der Waals surface area contributed by atoms with Crippen molar-refractivity contribution in [3.05, 3.63) is 23.5 Å². The van der Waals surface area contributed by atoms with Gasteiger partial charge in [-0.3, -0.25) is 4.79 Å². The number of nitrogens with one attached hydrogen (secondary N) is 1. The summed E-state index contributed by atoms with van der Waals surface area (Å²) in [4.78, 5) is 12.5. The van der Waals surface area contributed by atoms with E-state index in [0.717, 1.165) is 18.4 Å². The van der Waals surface area contributed by atoms with Crippen molar-refractivity contribution >= 4 is 15.9 Å². The predicted octanol–water partition coefficient (Wildman–Crippen LogP) is 0.0827. The zero-order chi connectivity index (χ0) is 18.0. The summed E-state index contributed by atoms with van der Waals surface area (Å²) in [7, 11) is -3.32. The highest BCUT2D eigenvalue weighted by Crippen LogP contribution is 2.39. The lowest BCUT2D eigenvalue weighted by molar-refractivity contribution is 0.0926. The fourth-order valence-corrected chi connectivity index (χ4v) is 4.75. The molecule has 0 spiro atoms.